The van der Waals surface area contributed by atoms with Gasteiger partial charge in [-0.3, -0.25) is 14.3 Å². The molecule has 0 aromatic carbocycles. The molecule has 0 aliphatic rings. The summed E-state index contributed by atoms with van der Waals surface area (Å²) in [6, 6.07) is 3.22. The van der Waals surface area contributed by atoms with E-state index in [1.165, 1.54) is 34.5 Å². The van der Waals surface area contributed by atoms with Crippen LogP contribution in [0.2, 0.25) is 10.0 Å². The number of aliphatic hydroxyl groups is 1. The van der Waals surface area contributed by atoms with Gasteiger partial charge in [0.05, 0.1) is 31.5 Å². The van der Waals surface area contributed by atoms with Crippen molar-refractivity contribution in [3.63, 3.8) is 0 Å². The van der Waals surface area contributed by atoms with Crippen molar-refractivity contribution in [2.24, 2.45) is 0 Å². The van der Waals surface area contributed by atoms with Crippen LogP contribution >= 0.6 is 23.2 Å². The molecule has 4 aromatic rings. The maximum atomic E-state index is 14.1. The van der Waals surface area contributed by atoms with Crippen LogP contribution in [0.5, 0.6) is 5.75 Å². The van der Waals surface area contributed by atoms with E-state index < -0.39 is 40.1 Å². The fraction of sp³-hybridized carbons (Fsp3) is 0.250. The van der Waals surface area contributed by atoms with E-state index in [0.29, 0.717) is 23.8 Å². The van der Waals surface area contributed by atoms with Crippen LogP contribution in [0.4, 0.5) is 8.78 Å². The highest BCUT2D eigenvalue weighted by atomic mass is 35.5. The zero-order chi connectivity index (χ0) is 28.2. The SMILES string of the molecule is [2H]C([2H])(Oc1cc(C)n(-c2cc(-n3cc(C)c(C(C)(C)O)n3)ncc2Cl)c(=O)c1Cl)c1ncc(F)cc1F. The lowest BCUT2D eigenvalue weighted by atomic mass is 10.0. The molecule has 188 valence electrons. The molecule has 8 nitrogen and oxygen atoms in total. The Morgan fingerprint density at radius 1 is 1.17 bits per heavy atom. The van der Waals surface area contributed by atoms with E-state index in [1.54, 1.807) is 27.0 Å². The molecular weight excluding hydrogens is 515 g/mol. The van der Waals surface area contributed by atoms with Crippen molar-refractivity contribution in [1.82, 2.24) is 24.3 Å². The van der Waals surface area contributed by atoms with Crippen LogP contribution in [0.25, 0.3) is 11.5 Å². The number of nitrogens with zero attached hydrogens (tertiary/aromatic N) is 5. The van der Waals surface area contributed by atoms with E-state index in [2.05, 4.69) is 15.1 Å². The summed E-state index contributed by atoms with van der Waals surface area (Å²) in [6.07, 6.45) is 3.62. The zero-order valence-corrected chi connectivity index (χ0v) is 21.0. The van der Waals surface area contributed by atoms with E-state index in [4.69, 9.17) is 30.7 Å². The number of ether oxygens (including phenoxy) is 1. The second-order valence-corrected chi connectivity index (χ2v) is 9.24. The largest absolute Gasteiger partial charge is 0.485 e. The molecule has 12 heteroatoms. The van der Waals surface area contributed by atoms with E-state index in [9.17, 15) is 18.7 Å². The predicted octanol–water partition coefficient (Wildman–Crippen LogP) is 4.82. The molecule has 0 aliphatic heterocycles. The van der Waals surface area contributed by atoms with Gasteiger partial charge in [0, 0.05) is 30.1 Å². The fourth-order valence-electron chi connectivity index (χ4n) is 3.54. The fourth-order valence-corrected chi connectivity index (χ4v) is 3.91. The topological polar surface area (TPSA) is 95.1 Å². The normalized spacial score (nSPS) is 12.9. The van der Waals surface area contributed by atoms with E-state index >= 15 is 0 Å². The highest BCUT2D eigenvalue weighted by Crippen LogP contribution is 2.29. The van der Waals surface area contributed by atoms with Gasteiger partial charge in [0.1, 0.15) is 34.4 Å². The van der Waals surface area contributed by atoms with Gasteiger partial charge in [-0.15, -0.1) is 0 Å². The molecule has 0 amide bonds. The Labute approximate surface area is 217 Å². The average molecular weight is 538 g/mol. The second-order valence-electron chi connectivity index (χ2n) is 8.45. The summed E-state index contributed by atoms with van der Waals surface area (Å²) in [6.45, 7) is 3.63. The zero-order valence-electron chi connectivity index (χ0n) is 21.5. The van der Waals surface area contributed by atoms with Gasteiger partial charge in [-0.2, -0.15) is 5.10 Å². The minimum atomic E-state index is -2.88. The minimum absolute atomic E-state index is 0.100. The molecule has 1 N–H and O–H groups in total. The molecule has 0 unspecified atom stereocenters. The number of pyridine rings is 3. The van der Waals surface area contributed by atoms with Crippen LogP contribution in [0.15, 0.2) is 41.6 Å². The van der Waals surface area contributed by atoms with Gasteiger partial charge in [-0.25, -0.2) is 18.4 Å². The van der Waals surface area contributed by atoms with Gasteiger partial charge in [0.2, 0.25) is 0 Å². The van der Waals surface area contributed by atoms with Crippen LogP contribution < -0.4 is 10.3 Å². The molecule has 4 heterocycles. The number of halogens is 4. The highest BCUT2D eigenvalue weighted by Gasteiger charge is 2.24. The van der Waals surface area contributed by atoms with E-state index in [1.807, 2.05) is 0 Å². The quantitative estimate of drug-likeness (QED) is 0.378. The van der Waals surface area contributed by atoms with Crippen molar-refractivity contribution >= 4 is 23.2 Å². The number of aryl methyl sites for hydroxylation is 2. The molecule has 4 aromatic heterocycles. The molecule has 0 spiro atoms. The van der Waals surface area contributed by atoms with Gasteiger partial charge in [0.15, 0.2) is 11.6 Å². The maximum Gasteiger partial charge on any atom is 0.277 e. The molecule has 4 rings (SSSR count). The van der Waals surface area contributed by atoms with E-state index in [0.717, 1.165) is 5.56 Å². The lowest BCUT2D eigenvalue weighted by Gasteiger charge is -2.16. The van der Waals surface area contributed by atoms with Crippen LogP contribution in [-0.4, -0.2) is 29.4 Å². The molecular formula is C24H21Cl2F2N5O3. The van der Waals surface area contributed by atoms with Crippen molar-refractivity contribution in [1.29, 1.82) is 0 Å². The summed E-state index contributed by atoms with van der Waals surface area (Å²) < 4.78 is 51.4. The first-order valence-electron chi connectivity index (χ1n) is 11.5. The molecule has 0 radical (unpaired) electrons. The monoisotopic (exact) mass is 537 g/mol. The summed E-state index contributed by atoms with van der Waals surface area (Å²) in [5, 5.41) is 14.3. The molecule has 0 saturated carbocycles. The first kappa shape index (κ1) is 23.1. The summed E-state index contributed by atoms with van der Waals surface area (Å²) in [4.78, 5) is 21.0. The molecule has 0 aliphatic carbocycles. The Kier molecular flexibility index (Phi) is 6.16. The van der Waals surface area contributed by atoms with Crippen LogP contribution in [-0.2, 0) is 12.2 Å². The number of hydrogen-bond acceptors (Lipinski definition) is 6. The molecule has 0 atom stereocenters. The van der Waals surface area contributed by atoms with Crippen LogP contribution in [0.3, 0.4) is 0 Å². The molecule has 0 fully saturated rings. The van der Waals surface area contributed by atoms with Gasteiger partial charge in [-0.05, 0) is 33.3 Å². The Hall–Kier alpha value is -3.34. The van der Waals surface area contributed by atoms with Crippen LogP contribution in [0, 0.1) is 25.5 Å². The summed E-state index contributed by atoms with van der Waals surface area (Å²) in [7, 11) is 0. The number of aromatic nitrogens is 5. The molecule has 0 bridgehead atoms. The van der Waals surface area contributed by atoms with Gasteiger partial charge < -0.3 is 9.84 Å². The third kappa shape index (κ3) is 4.97. The molecule has 36 heavy (non-hydrogen) atoms. The lowest BCUT2D eigenvalue weighted by molar-refractivity contribution is 0.0728. The standard InChI is InChI=1S/C24H21Cl2F2N5O3/c1-12-10-32(31-22(12)24(3,4)35)20-7-18(15(25)9-30-20)33-13(2)5-19(21(26)23(33)34)36-11-17-16(28)6-14(27)8-29-17/h5-10,35H,11H2,1-4H3/i11D2. The third-order valence-corrected chi connectivity index (χ3v) is 5.78. The van der Waals surface area contributed by atoms with Crippen LogP contribution in [0.1, 0.15) is 39.2 Å². The predicted molar refractivity (Wildman–Crippen MR) is 130 cm³/mol. The minimum Gasteiger partial charge on any atom is -0.485 e. The van der Waals surface area contributed by atoms with Gasteiger partial charge in [-0.1, -0.05) is 23.2 Å². The Bertz CT molecular complexity index is 1620. The Morgan fingerprint density at radius 2 is 1.89 bits per heavy atom. The number of rotatable bonds is 6. The smallest absolute Gasteiger partial charge is 0.277 e. The Morgan fingerprint density at radius 3 is 2.53 bits per heavy atom. The first-order valence-corrected chi connectivity index (χ1v) is 11.2. The van der Waals surface area contributed by atoms with Crippen molar-refractivity contribution < 1.29 is 21.4 Å². The maximum absolute atomic E-state index is 14.1. The Balaban J connectivity index is 1.77. The third-order valence-electron chi connectivity index (χ3n) is 5.14. The summed E-state index contributed by atoms with van der Waals surface area (Å²) in [5.41, 5.74) is -1.23. The van der Waals surface area contributed by atoms with Gasteiger partial charge >= 0.3 is 0 Å². The summed E-state index contributed by atoms with van der Waals surface area (Å²) in [5.74, 6) is -2.36. The lowest BCUT2D eigenvalue weighted by Crippen LogP contribution is -2.22. The highest BCUT2D eigenvalue weighted by molar-refractivity contribution is 6.32. The average Bonchev–Trinajstić information content (AvgIpc) is 3.20. The second kappa shape index (κ2) is 9.61. The van der Waals surface area contributed by atoms with Gasteiger partial charge in [0.25, 0.3) is 5.56 Å². The first-order chi connectivity index (χ1) is 17.6. The van der Waals surface area contributed by atoms with Crippen molar-refractivity contribution in [3.8, 4) is 17.3 Å². The molecule has 0 saturated heterocycles. The van der Waals surface area contributed by atoms with Crippen molar-refractivity contribution in [2.75, 3.05) is 0 Å². The van der Waals surface area contributed by atoms with Crippen molar-refractivity contribution in [2.45, 2.75) is 39.9 Å². The summed E-state index contributed by atoms with van der Waals surface area (Å²) >= 11 is 12.6. The number of hydrogen-bond donors (Lipinski definition) is 1. The van der Waals surface area contributed by atoms with E-state index in [-0.39, 0.29) is 22.2 Å². The van der Waals surface area contributed by atoms with Crippen molar-refractivity contribution in [3.05, 3.63) is 91.5 Å².